The highest BCUT2D eigenvalue weighted by Crippen LogP contribution is 2.22. The molecule has 2 rings (SSSR count). The van der Waals surface area contributed by atoms with Gasteiger partial charge in [-0.1, -0.05) is 30.3 Å². The SMILES string of the molecule is CCn1nc(C)c(Br)c1CCC(=O)c1ccccc1. The Morgan fingerprint density at radius 1 is 1.32 bits per heavy atom. The van der Waals surface area contributed by atoms with Gasteiger partial charge in [0, 0.05) is 18.5 Å². The van der Waals surface area contributed by atoms with Crippen LogP contribution in [0.5, 0.6) is 0 Å². The van der Waals surface area contributed by atoms with Gasteiger partial charge in [-0.15, -0.1) is 0 Å². The van der Waals surface area contributed by atoms with Crippen LogP contribution in [0.2, 0.25) is 0 Å². The maximum absolute atomic E-state index is 12.1. The molecule has 0 fully saturated rings. The lowest BCUT2D eigenvalue weighted by Crippen LogP contribution is -2.07. The van der Waals surface area contributed by atoms with Gasteiger partial charge in [0.2, 0.25) is 0 Å². The van der Waals surface area contributed by atoms with E-state index in [0.29, 0.717) is 12.8 Å². The average Bonchev–Trinajstić information content (AvgIpc) is 2.72. The monoisotopic (exact) mass is 320 g/mol. The fourth-order valence-corrected chi connectivity index (χ4v) is 2.59. The van der Waals surface area contributed by atoms with E-state index in [1.165, 1.54) is 0 Å². The molecule has 3 nitrogen and oxygen atoms in total. The van der Waals surface area contributed by atoms with Crippen molar-refractivity contribution in [1.82, 2.24) is 9.78 Å². The molecule has 2 aromatic rings. The number of aromatic nitrogens is 2. The molecule has 1 aromatic carbocycles. The summed E-state index contributed by atoms with van der Waals surface area (Å²) in [6, 6.07) is 9.43. The molecule has 0 atom stereocenters. The summed E-state index contributed by atoms with van der Waals surface area (Å²) in [6.07, 6.45) is 1.22. The highest BCUT2D eigenvalue weighted by Gasteiger charge is 2.14. The number of hydrogen-bond acceptors (Lipinski definition) is 2. The van der Waals surface area contributed by atoms with Crippen molar-refractivity contribution in [3.05, 3.63) is 51.8 Å². The van der Waals surface area contributed by atoms with Crippen molar-refractivity contribution < 1.29 is 4.79 Å². The van der Waals surface area contributed by atoms with E-state index < -0.39 is 0 Å². The Bertz CT molecular complexity index is 575. The Kier molecular flexibility index (Phi) is 4.53. The predicted octanol–water partition coefficient (Wildman–Crippen LogP) is 3.79. The third-order valence-electron chi connectivity index (χ3n) is 3.14. The first-order valence-corrected chi connectivity index (χ1v) is 7.22. The number of halogens is 1. The van der Waals surface area contributed by atoms with E-state index in [0.717, 1.165) is 28.0 Å². The molecule has 0 saturated carbocycles. The molecule has 100 valence electrons. The smallest absolute Gasteiger partial charge is 0.163 e. The molecular weight excluding hydrogens is 304 g/mol. The first kappa shape index (κ1) is 14.0. The Hall–Kier alpha value is -1.42. The van der Waals surface area contributed by atoms with Crippen molar-refractivity contribution in [3.8, 4) is 0 Å². The minimum absolute atomic E-state index is 0.175. The lowest BCUT2D eigenvalue weighted by atomic mass is 10.1. The number of carbonyl (C=O) groups is 1. The van der Waals surface area contributed by atoms with Crippen LogP contribution in [0.1, 0.15) is 35.1 Å². The molecule has 19 heavy (non-hydrogen) atoms. The van der Waals surface area contributed by atoms with Gasteiger partial charge in [0.1, 0.15) is 0 Å². The van der Waals surface area contributed by atoms with Gasteiger partial charge in [-0.05, 0) is 36.2 Å². The highest BCUT2D eigenvalue weighted by atomic mass is 79.9. The Morgan fingerprint density at radius 3 is 2.63 bits per heavy atom. The van der Waals surface area contributed by atoms with Crippen molar-refractivity contribution in [2.24, 2.45) is 0 Å². The van der Waals surface area contributed by atoms with Crippen molar-refractivity contribution in [1.29, 1.82) is 0 Å². The lowest BCUT2D eigenvalue weighted by molar-refractivity contribution is 0.0982. The minimum atomic E-state index is 0.175. The number of ketones is 1. The molecule has 0 bridgehead atoms. The van der Waals surface area contributed by atoms with Crippen molar-refractivity contribution in [2.75, 3.05) is 0 Å². The van der Waals surface area contributed by atoms with E-state index in [1.54, 1.807) is 0 Å². The van der Waals surface area contributed by atoms with Crippen LogP contribution in [0, 0.1) is 6.92 Å². The second-order valence-corrected chi connectivity index (χ2v) is 5.24. The summed E-state index contributed by atoms with van der Waals surface area (Å²) < 4.78 is 2.98. The summed E-state index contributed by atoms with van der Waals surface area (Å²) in [4.78, 5) is 12.1. The molecule has 4 heteroatoms. The maximum atomic E-state index is 12.1. The fraction of sp³-hybridized carbons (Fsp3) is 0.333. The molecule has 0 aliphatic heterocycles. The number of rotatable bonds is 5. The van der Waals surface area contributed by atoms with Gasteiger partial charge in [-0.2, -0.15) is 5.10 Å². The van der Waals surface area contributed by atoms with E-state index in [4.69, 9.17) is 0 Å². The van der Waals surface area contributed by atoms with Crippen LogP contribution in [-0.4, -0.2) is 15.6 Å². The van der Waals surface area contributed by atoms with E-state index in [-0.39, 0.29) is 5.78 Å². The first-order valence-electron chi connectivity index (χ1n) is 6.43. The van der Waals surface area contributed by atoms with E-state index in [1.807, 2.05) is 41.9 Å². The van der Waals surface area contributed by atoms with Crippen LogP contribution in [0.3, 0.4) is 0 Å². The van der Waals surface area contributed by atoms with Gasteiger partial charge in [-0.25, -0.2) is 0 Å². The van der Waals surface area contributed by atoms with Gasteiger partial charge in [0.25, 0.3) is 0 Å². The molecule has 0 aliphatic carbocycles. The van der Waals surface area contributed by atoms with E-state index in [2.05, 4.69) is 28.0 Å². The van der Waals surface area contributed by atoms with E-state index >= 15 is 0 Å². The van der Waals surface area contributed by atoms with Gasteiger partial charge in [-0.3, -0.25) is 9.48 Å². The van der Waals surface area contributed by atoms with Crippen LogP contribution in [-0.2, 0) is 13.0 Å². The lowest BCUT2D eigenvalue weighted by Gasteiger charge is -2.05. The van der Waals surface area contributed by atoms with E-state index in [9.17, 15) is 4.79 Å². The third kappa shape index (κ3) is 3.13. The molecule has 1 aromatic heterocycles. The summed E-state index contributed by atoms with van der Waals surface area (Å²) in [5, 5.41) is 4.44. The third-order valence-corrected chi connectivity index (χ3v) is 4.17. The first-order chi connectivity index (χ1) is 9.13. The quantitative estimate of drug-likeness (QED) is 0.785. The summed E-state index contributed by atoms with van der Waals surface area (Å²) >= 11 is 3.55. The van der Waals surface area contributed by atoms with Crippen LogP contribution in [0.25, 0.3) is 0 Å². The topological polar surface area (TPSA) is 34.9 Å². The van der Waals surface area contributed by atoms with Crippen LogP contribution >= 0.6 is 15.9 Å². The Balaban J connectivity index is 2.09. The molecule has 1 heterocycles. The molecule has 0 unspecified atom stereocenters. The molecule has 0 radical (unpaired) electrons. The molecular formula is C15H17BrN2O. The second-order valence-electron chi connectivity index (χ2n) is 4.45. The minimum Gasteiger partial charge on any atom is -0.294 e. The van der Waals surface area contributed by atoms with Gasteiger partial charge in [0.05, 0.1) is 15.9 Å². The van der Waals surface area contributed by atoms with Gasteiger partial charge >= 0.3 is 0 Å². The number of carbonyl (C=O) groups excluding carboxylic acids is 1. The van der Waals surface area contributed by atoms with Crippen molar-refractivity contribution in [2.45, 2.75) is 33.2 Å². The summed E-state index contributed by atoms with van der Waals surface area (Å²) in [6.45, 7) is 4.85. The summed E-state index contributed by atoms with van der Waals surface area (Å²) in [5.41, 5.74) is 2.85. The fourth-order valence-electron chi connectivity index (χ4n) is 2.11. The highest BCUT2D eigenvalue weighted by molar-refractivity contribution is 9.10. The number of nitrogens with zero attached hydrogens (tertiary/aromatic N) is 2. The number of aryl methyl sites for hydroxylation is 2. The maximum Gasteiger partial charge on any atom is 0.163 e. The molecule has 0 amide bonds. The zero-order chi connectivity index (χ0) is 13.8. The Labute approximate surface area is 121 Å². The van der Waals surface area contributed by atoms with Gasteiger partial charge in [0.15, 0.2) is 5.78 Å². The Morgan fingerprint density at radius 2 is 2.00 bits per heavy atom. The largest absolute Gasteiger partial charge is 0.294 e. The predicted molar refractivity (Wildman–Crippen MR) is 79.4 cm³/mol. The summed E-state index contributed by atoms with van der Waals surface area (Å²) in [7, 11) is 0. The second kappa shape index (κ2) is 6.15. The summed E-state index contributed by atoms with van der Waals surface area (Å²) in [5.74, 6) is 0.175. The van der Waals surface area contributed by atoms with Crippen molar-refractivity contribution in [3.63, 3.8) is 0 Å². The van der Waals surface area contributed by atoms with Crippen LogP contribution in [0.4, 0.5) is 0 Å². The molecule has 0 N–H and O–H groups in total. The molecule has 0 saturated heterocycles. The van der Waals surface area contributed by atoms with Gasteiger partial charge < -0.3 is 0 Å². The number of Topliss-reactive ketones (excluding diaryl/α,β-unsaturated/α-hetero) is 1. The van der Waals surface area contributed by atoms with Crippen LogP contribution in [0.15, 0.2) is 34.8 Å². The normalized spacial score (nSPS) is 10.7. The molecule has 0 spiro atoms. The number of benzene rings is 1. The van der Waals surface area contributed by atoms with Crippen molar-refractivity contribution >= 4 is 21.7 Å². The van der Waals surface area contributed by atoms with Crippen LogP contribution < -0.4 is 0 Å². The standard InChI is InChI=1S/C15H17BrN2O/c1-3-18-13(15(16)11(2)17-18)9-10-14(19)12-7-5-4-6-8-12/h4-8H,3,9-10H2,1-2H3. The number of hydrogen-bond donors (Lipinski definition) is 0. The zero-order valence-electron chi connectivity index (χ0n) is 11.2. The zero-order valence-corrected chi connectivity index (χ0v) is 12.8. The molecule has 0 aliphatic rings. The average molecular weight is 321 g/mol.